The normalized spacial score (nSPS) is 20.8. The molecule has 18 heavy (non-hydrogen) atoms. The number of benzene rings is 1. The van der Waals surface area contributed by atoms with Gasteiger partial charge in [0, 0.05) is 29.8 Å². The molecule has 0 aromatic heterocycles. The fourth-order valence-electron chi connectivity index (χ4n) is 2.82. The molecular weight excluding hydrogens is 288 g/mol. The molecule has 0 amide bonds. The quantitative estimate of drug-likeness (QED) is 0.916. The minimum Gasteiger partial charge on any atom is -0.371 e. The second-order valence-corrected chi connectivity index (χ2v) is 6.09. The average Bonchev–Trinajstić information content (AvgIpc) is 2.63. The summed E-state index contributed by atoms with van der Waals surface area (Å²) in [4.78, 5) is 2.52. The van der Waals surface area contributed by atoms with E-state index in [2.05, 4.69) is 46.0 Å². The van der Waals surface area contributed by atoms with E-state index < -0.39 is 0 Å². The maximum absolute atomic E-state index is 5.86. The predicted molar refractivity (Wildman–Crippen MR) is 81.9 cm³/mol. The summed E-state index contributed by atoms with van der Waals surface area (Å²) in [5.74, 6) is 0.906. The van der Waals surface area contributed by atoms with Gasteiger partial charge in [0.2, 0.25) is 0 Å². The standard InChI is InChI=1S/C15H23BrN2/c1-2-12-4-3-8-18(9-7-12)15-10-14(16)6-5-13(15)11-17/h5-6,10,12H,2-4,7-9,11,17H2,1H3. The van der Waals surface area contributed by atoms with Crippen LogP contribution in [0.1, 0.15) is 38.2 Å². The van der Waals surface area contributed by atoms with Gasteiger partial charge < -0.3 is 10.6 Å². The van der Waals surface area contributed by atoms with E-state index in [1.807, 2.05) is 0 Å². The second kappa shape index (κ2) is 6.58. The van der Waals surface area contributed by atoms with Gasteiger partial charge >= 0.3 is 0 Å². The number of rotatable bonds is 3. The van der Waals surface area contributed by atoms with Crippen molar-refractivity contribution in [2.24, 2.45) is 11.7 Å². The minimum atomic E-state index is 0.621. The third kappa shape index (κ3) is 3.27. The molecule has 0 bridgehead atoms. The van der Waals surface area contributed by atoms with Crippen LogP contribution in [0.25, 0.3) is 0 Å². The van der Waals surface area contributed by atoms with Crippen molar-refractivity contribution in [1.82, 2.24) is 0 Å². The number of nitrogens with two attached hydrogens (primary N) is 1. The van der Waals surface area contributed by atoms with Gasteiger partial charge in [0.25, 0.3) is 0 Å². The van der Waals surface area contributed by atoms with E-state index in [4.69, 9.17) is 5.73 Å². The van der Waals surface area contributed by atoms with Gasteiger partial charge in [-0.2, -0.15) is 0 Å². The number of hydrogen-bond acceptors (Lipinski definition) is 2. The monoisotopic (exact) mass is 310 g/mol. The summed E-state index contributed by atoms with van der Waals surface area (Å²) >= 11 is 3.57. The fourth-order valence-corrected chi connectivity index (χ4v) is 3.17. The molecule has 2 rings (SSSR count). The van der Waals surface area contributed by atoms with Crippen molar-refractivity contribution in [2.45, 2.75) is 39.2 Å². The van der Waals surface area contributed by atoms with Gasteiger partial charge in [-0.1, -0.05) is 35.3 Å². The van der Waals surface area contributed by atoms with E-state index in [1.165, 1.54) is 50.0 Å². The molecule has 1 fully saturated rings. The third-order valence-corrected chi connectivity index (χ3v) is 4.53. The van der Waals surface area contributed by atoms with Crippen LogP contribution in [-0.4, -0.2) is 13.1 Å². The van der Waals surface area contributed by atoms with Crippen molar-refractivity contribution >= 4 is 21.6 Å². The number of hydrogen-bond donors (Lipinski definition) is 1. The predicted octanol–water partition coefficient (Wildman–Crippen LogP) is 3.92. The lowest BCUT2D eigenvalue weighted by Gasteiger charge is -2.25. The molecule has 0 saturated carbocycles. The van der Waals surface area contributed by atoms with Crippen molar-refractivity contribution in [1.29, 1.82) is 0 Å². The lowest BCUT2D eigenvalue weighted by molar-refractivity contribution is 0.459. The molecular formula is C15H23BrN2. The maximum atomic E-state index is 5.86. The first-order chi connectivity index (χ1) is 8.74. The molecule has 1 heterocycles. The highest BCUT2D eigenvalue weighted by Gasteiger charge is 2.17. The minimum absolute atomic E-state index is 0.621. The summed E-state index contributed by atoms with van der Waals surface area (Å²) in [7, 11) is 0. The summed E-state index contributed by atoms with van der Waals surface area (Å²) in [5.41, 5.74) is 8.44. The van der Waals surface area contributed by atoms with E-state index in [0.717, 1.165) is 10.4 Å². The number of nitrogens with zero attached hydrogens (tertiary/aromatic N) is 1. The SMILES string of the molecule is CCC1CCCN(c2cc(Br)ccc2CN)CC1. The molecule has 1 aliphatic heterocycles. The summed E-state index contributed by atoms with van der Waals surface area (Å²) < 4.78 is 1.14. The molecule has 1 saturated heterocycles. The van der Waals surface area contributed by atoms with Crippen molar-refractivity contribution in [2.75, 3.05) is 18.0 Å². The van der Waals surface area contributed by atoms with Crippen molar-refractivity contribution in [3.63, 3.8) is 0 Å². The molecule has 1 unspecified atom stereocenters. The van der Waals surface area contributed by atoms with Gasteiger partial charge in [-0.05, 0) is 42.9 Å². The molecule has 2 nitrogen and oxygen atoms in total. The Kier molecular flexibility index (Phi) is 5.07. The smallest absolute Gasteiger partial charge is 0.0423 e. The average molecular weight is 311 g/mol. The van der Waals surface area contributed by atoms with Gasteiger partial charge in [-0.25, -0.2) is 0 Å². The summed E-state index contributed by atoms with van der Waals surface area (Å²) in [5, 5.41) is 0. The van der Waals surface area contributed by atoms with Crippen LogP contribution in [0, 0.1) is 5.92 Å². The molecule has 1 aliphatic rings. The van der Waals surface area contributed by atoms with E-state index in [1.54, 1.807) is 0 Å². The molecule has 2 N–H and O–H groups in total. The lowest BCUT2D eigenvalue weighted by Crippen LogP contribution is -2.25. The Morgan fingerprint density at radius 1 is 1.33 bits per heavy atom. The topological polar surface area (TPSA) is 29.3 Å². The highest BCUT2D eigenvalue weighted by Crippen LogP contribution is 2.29. The first-order valence-corrected chi connectivity index (χ1v) is 7.77. The fraction of sp³-hybridized carbons (Fsp3) is 0.600. The molecule has 1 aromatic rings. The van der Waals surface area contributed by atoms with Gasteiger partial charge in [0.05, 0.1) is 0 Å². The molecule has 1 aromatic carbocycles. The molecule has 100 valence electrons. The van der Waals surface area contributed by atoms with Gasteiger partial charge in [0.1, 0.15) is 0 Å². The molecule has 1 atom stereocenters. The van der Waals surface area contributed by atoms with Crippen LogP contribution in [0.4, 0.5) is 5.69 Å². The zero-order valence-corrected chi connectivity index (χ0v) is 12.7. The Bertz CT molecular complexity index is 392. The zero-order valence-electron chi connectivity index (χ0n) is 11.2. The van der Waals surface area contributed by atoms with E-state index >= 15 is 0 Å². The van der Waals surface area contributed by atoms with Crippen molar-refractivity contribution in [3.05, 3.63) is 28.2 Å². The largest absolute Gasteiger partial charge is 0.371 e. The van der Waals surface area contributed by atoms with Crippen LogP contribution in [0.2, 0.25) is 0 Å². The summed E-state index contributed by atoms with van der Waals surface area (Å²) in [6, 6.07) is 6.44. The summed E-state index contributed by atoms with van der Waals surface area (Å²) in [6.07, 6.45) is 5.30. The maximum Gasteiger partial charge on any atom is 0.0423 e. The number of anilines is 1. The molecule has 0 spiro atoms. The van der Waals surface area contributed by atoms with Crippen molar-refractivity contribution in [3.8, 4) is 0 Å². The van der Waals surface area contributed by atoms with E-state index in [0.29, 0.717) is 6.54 Å². The van der Waals surface area contributed by atoms with Crippen LogP contribution in [0.5, 0.6) is 0 Å². The Morgan fingerprint density at radius 3 is 2.89 bits per heavy atom. The van der Waals surface area contributed by atoms with E-state index in [9.17, 15) is 0 Å². The Balaban J connectivity index is 2.17. The Labute approximate surface area is 119 Å². The van der Waals surface area contributed by atoms with E-state index in [-0.39, 0.29) is 0 Å². The van der Waals surface area contributed by atoms with Crippen LogP contribution in [0.15, 0.2) is 22.7 Å². The van der Waals surface area contributed by atoms with Gasteiger partial charge in [-0.15, -0.1) is 0 Å². The van der Waals surface area contributed by atoms with Crippen LogP contribution >= 0.6 is 15.9 Å². The van der Waals surface area contributed by atoms with Crippen LogP contribution in [0.3, 0.4) is 0 Å². The first-order valence-electron chi connectivity index (χ1n) is 6.98. The Hall–Kier alpha value is -0.540. The molecule has 0 radical (unpaired) electrons. The number of halogens is 1. The zero-order chi connectivity index (χ0) is 13.0. The molecule has 3 heteroatoms. The highest BCUT2D eigenvalue weighted by molar-refractivity contribution is 9.10. The van der Waals surface area contributed by atoms with Crippen LogP contribution < -0.4 is 10.6 Å². The first kappa shape index (κ1) is 13.9. The van der Waals surface area contributed by atoms with Gasteiger partial charge in [-0.3, -0.25) is 0 Å². The summed E-state index contributed by atoms with van der Waals surface area (Å²) in [6.45, 7) is 5.27. The second-order valence-electron chi connectivity index (χ2n) is 5.17. The Morgan fingerprint density at radius 2 is 2.17 bits per heavy atom. The highest BCUT2D eigenvalue weighted by atomic mass is 79.9. The van der Waals surface area contributed by atoms with Gasteiger partial charge in [0.15, 0.2) is 0 Å². The third-order valence-electron chi connectivity index (χ3n) is 4.03. The van der Waals surface area contributed by atoms with Crippen LogP contribution in [-0.2, 0) is 6.54 Å². The molecule has 0 aliphatic carbocycles. The van der Waals surface area contributed by atoms with Crippen molar-refractivity contribution < 1.29 is 0 Å². The lowest BCUT2D eigenvalue weighted by atomic mass is 9.98.